The Bertz CT molecular complexity index is 2350. The molecule has 2 heterocycles. The highest BCUT2D eigenvalue weighted by Gasteiger charge is 2.28. The number of allylic oxidation sites excluding steroid dienone is 6. The van der Waals surface area contributed by atoms with Crippen molar-refractivity contribution in [3.63, 3.8) is 0 Å². The Morgan fingerprint density at radius 2 is 1.50 bits per heavy atom. The van der Waals surface area contributed by atoms with Gasteiger partial charge in [-0.25, -0.2) is 0 Å². The normalized spacial score (nSPS) is 19.1. The summed E-state index contributed by atoms with van der Waals surface area (Å²) in [4.78, 5) is 20.3. The lowest BCUT2D eigenvalue weighted by Gasteiger charge is -2.35. The number of rotatable bonds is 4. The molecule has 2 fully saturated rings. The second-order valence-electron chi connectivity index (χ2n) is 15.0. The molecule has 1 atom stereocenters. The van der Waals surface area contributed by atoms with Crippen LogP contribution in [-0.4, -0.2) is 70.2 Å². The van der Waals surface area contributed by atoms with Gasteiger partial charge in [-0.1, -0.05) is 91.9 Å². The van der Waals surface area contributed by atoms with Gasteiger partial charge < -0.3 is 19.4 Å². The van der Waals surface area contributed by atoms with Crippen LogP contribution < -0.4 is 14.7 Å². The number of hydrogen-bond donors (Lipinski definition) is 2. The largest absolute Gasteiger partial charge is 0.378 e. The maximum absolute atomic E-state index is 10.8. The zero-order valence-electron chi connectivity index (χ0n) is 31.4. The van der Waals surface area contributed by atoms with Gasteiger partial charge in [-0.2, -0.15) is 0 Å². The number of likely N-dealkylation sites (N-methyl/N-ethyl adjacent to an activating group) is 1. The Hall–Kier alpha value is -5.40. The van der Waals surface area contributed by atoms with Crippen LogP contribution >= 0.6 is 0 Å². The van der Waals surface area contributed by atoms with E-state index in [-0.39, 0.29) is 5.78 Å². The van der Waals surface area contributed by atoms with E-state index in [4.69, 9.17) is 15.8 Å². The van der Waals surface area contributed by atoms with Crippen molar-refractivity contribution in [2.75, 3.05) is 69.3 Å². The van der Waals surface area contributed by atoms with Crippen molar-refractivity contribution in [1.82, 2.24) is 9.81 Å². The van der Waals surface area contributed by atoms with Crippen LogP contribution in [-0.2, 0) is 28.8 Å². The van der Waals surface area contributed by atoms with E-state index in [1.807, 2.05) is 29.2 Å². The highest BCUT2D eigenvalue weighted by atomic mass is 16.5. The first-order chi connectivity index (χ1) is 26.5. The van der Waals surface area contributed by atoms with Crippen molar-refractivity contribution in [1.29, 1.82) is 11.1 Å². The first-order valence-electron chi connectivity index (χ1n) is 19.4. The van der Waals surface area contributed by atoms with E-state index in [0.29, 0.717) is 5.92 Å². The van der Waals surface area contributed by atoms with Crippen LogP contribution in [0.25, 0.3) is 32.3 Å². The van der Waals surface area contributed by atoms with Crippen LogP contribution in [0.4, 0.5) is 11.4 Å². The second-order valence-corrected chi connectivity index (χ2v) is 15.0. The number of piperazine rings is 1. The van der Waals surface area contributed by atoms with Crippen LogP contribution in [0.5, 0.6) is 0 Å². The first kappa shape index (κ1) is 35.6. The third-order valence-electron chi connectivity index (χ3n) is 12.0. The van der Waals surface area contributed by atoms with Gasteiger partial charge in [-0.15, -0.1) is 0 Å². The number of ether oxygens (including phenoxy) is 1. The Kier molecular flexibility index (Phi) is 10.2. The van der Waals surface area contributed by atoms with Crippen LogP contribution in [0, 0.1) is 11.1 Å². The van der Waals surface area contributed by atoms with Crippen molar-refractivity contribution < 1.29 is 9.53 Å². The average molecular weight is 718 g/mol. The Morgan fingerprint density at radius 1 is 0.778 bits per heavy atom. The van der Waals surface area contributed by atoms with E-state index >= 15 is 0 Å². The van der Waals surface area contributed by atoms with E-state index in [2.05, 4.69) is 101 Å². The number of fused-ring (bicyclic) bond motifs is 8. The lowest BCUT2D eigenvalue weighted by molar-refractivity contribution is -0.111. The predicted octanol–water partition coefficient (Wildman–Crippen LogP) is 8.68. The summed E-state index contributed by atoms with van der Waals surface area (Å²) in [6, 6.07) is 28.3. The van der Waals surface area contributed by atoms with Crippen molar-refractivity contribution in [2.45, 2.75) is 38.5 Å². The van der Waals surface area contributed by atoms with E-state index in [0.717, 1.165) is 82.9 Å². The molecule has 8 nitrogen and oxygen atoms in total. The molecule has 2 aliphatic heterocycles. The van der Waals surface area contributed by atoms with E-state index in [1.54, 1.807) is 11.1 Å². The molecule has 0 saturated carbocycles. The molecule has 2 bridgehead atoms. The van der Waals surface area contributed by atoms with E-state index in [9.17, 15) is 4.79 Å². The summed E-state index contributed by atoms with van der Waals surface area (Å²) in [6.07, 6.45) is 11.9. The second kappa shape index (κ2) is 15.5. The molecule has 2 saturated heterocycles. The number of Topliss-reactive ketones (excluding diaryl/α,β-unsaturated/α-hetero) is 1. The highest BCUT2D eigenvalue weighted by molar-refractivity contribution is 6.18. The Balaban J connectivity index is 0.000000324. The van der Waals surface area contributed by atoms with Crippen LogP contribution in [0.3, 0.4) is 0 Å². The van der Waals surface area contributed by atoms with Crippen molar-refractivity contribution in [3.05, 3.63) is 131 Å². The summed E-state index contributed by atoms with van der Waals surface area (Å²) >= 11 is 0. The summed E-state index contributed by atoms with van der Waals surface area (Å²) in [5.74, 6) is 0.717. The first-order valence-corrected chi connectivity index (χ1v) is 19.4. The third-order valence-corrected chi connectivity index (χ3v) is 12.0. The third kappa shape index (κ3) is 6.77. The molecule has 0 radical (unpaired) electrons. The SMILES string of the molecule is CCc1cc2cc(N3CCN(C)CC3)ccc2c2ccc3c(c12)CCC(c1ccc2ccccc2c1N1CCOCC1)C3.N=[N+]=N.O=C1C2=CC=C1C=C2. The van der Waals surface area contributed by atoms with Crippen molar-refractivity contribution >= 4 is 49.5 Å². The highest BCUT2D eigenvalue weighted by Crippen LogP contribution is 2.44. The predicted molar refractivity (Wildman–Crippen MR) is 220 cm³/mol. The smallest absolute Gasteiger partial charge is 0.211 e. The number of nitrogens with zero attached hydrogens (tertiary/aromatic N) is 4. The van der Waals surface area contributed by atoms with Crippen LogP contribution in [0.1, 0.15) is 41.5 Å². The molecule has 0 amide bonds. The van der Waals surface area contributed by atoms with Gasteiger partial charge in [-0.3, -0.25) is 4.79 Å². The number of benzene rings is 5. The van der Waals surface area contributed by atoms with Gasteiger partial charge in [0.2, 0.25) is 4.91 Å². The number of carbonyl (C=O) groups excluding carboxylic acids is 1. The lowest BCUT2D eigenvalue weighted by atomic mass is 9.76. The van der Waals surface area contributed by atoms with Gasteiger partial charge in [-0.05, 0) is 100.0 Å². The minimum absolute atomic E-state index is 0.185. The summed E-state index contributed by atoms with van der Waals surface area (Å²) < 4.78 is 5.75. The monoisotopic (exact) mass is 717 g/mol. The minimum Gasteiger partial charge on any atom is -0.378 e. The quantitative estimate of drug-likeness (QED) is 0.110. The van der Waals surface area contributed by atoms with Gasteiger partial charge in [0.05, 0.1) is 13.2 Å². The van der Waals surface area contributed by atoms with Gasteiger partial charge in [0, 0.05) is 67.2 Å². The molecule has 3 aliphatic carbocycles. The number of carbonyl (C=O) groups is 1. The fourth-order valence-electron chi connectivity index (χ4n) is 9.11. The minimum atomic E-state index is 0.185. The van der Waals surface area contributed by atoms with Crippen molar-refractivity contribution in [2.24, 2.45) is 0 Å². The molecule has 0 spiro atoms. The molecule has 54 heavy (non-hydrogen) atoms. The van der Waals surface area contributed by atoms with Gasteiger partial charge in [0.15, 0.2) is 5.78 Å². The maximum atomic E-state index is 10.8. The number of anilines is 2. The number of nitrogens with one attached hydrogen (secondary N) is 2. The number of aryl methyl sites for hydroxylation is 2. The molecule has 5 aliphatic rings. The number of hydrogen-bond acceptors (Lipinski definition) is 7. The zero-order chi connectivity index (χ0) is 37.2. The summed E-state index contributed by atoms with van der Waals surface area (Å²) in [6.45, 7) is 10.4. The summed E-state index contributed by atoms with van der Waals surface area (Å²) in [5.41, 5.74) is 21.7. The van der Waals surface area contributed by atoms with Crippen LogP contribution in [0.15, 0.2) is 108 Å². The Morgan fingerprint density at radius 3 is 2.19 bits per heavy atom. The average Bonchev–Trinajstić information content (AvgIpc) is 3.76. The number of morpholine rings is 1. The molecule has 0 aromatic heterocycles. The van der Waals surface area contributed by atoms with E-state index in [1.165, 1.54) is 61.2 Å². The van der Waals surface area contributed by atoms with Crippen LogP contribution in [0.2, 0.25) is 0 Å². The fraction of sp³-hybridized carbons (Fsp3) is 0.326. The van der Waals surface area contributed by atoms with Gasteiger partial charge in [0.1, 0.15) is 11.1 Å². The standard InChI is InChI=1S/C39H43N3O.C7H4O.H2N3/c1-3-27-24-31-26-32(41-18-16-40(2)17-19-41)11-15-33(31)37-14-10-29-25-30(9-12-34(29)38(27)37)36-13-8-28-6-4-5-7-35(28)39(36)42-20-22-43-23-21-42;8-7-5-1-2-6(7)4-3-5;1-3-2/h4-8,10-11,13-15,24,26,30H,3,9,12,16-23,25H2,1-2H3;1-4H;1-2H/q;;+1. The fourth-order valence-corrected chi connectivity index (χ4v) is 9.11. The molecule has 5 aromatic carbocycles. The molecule has 5 aromatic rings. The lowest BCUT2D eigenvalue weighted by Crippen LogP contribution is -2.44. The molecule has 10 rings (SSSR count). The molecule has 274 valence electrons. The van der Waals surface area contributed by atoms with E-state index < -0.39 is 0 Å². The molecular weight excluding hydrogens is 669 g/mol. The molecule has 1 unspecified atom stereocenters. The Labute approximate surface area is 317 Å². The topological polar surface area (TPSA) is 97.8 Å². The molecular formula is C46H49N6O2+. The maximum Gasteiger partial charge on any atom is 0.211 e. The summed E-state index contributed by atoms with van der Waals surface area (Å²) in [5, 5.41) is 8.49. The van der Waals surface area contributed by atoms with Crippen molar-refractivity contribution in [3.8, 4) is 0 Å². The van der Waals surface area contributed by atoms with Gasteiger partial charge >= 0.3 is 0 Å². The molecule has 8 heteroatoms. The number of ketones is 1. The molecule has 2 N–H and O–H groups in total. The van der Waals surface area contributed by atoms with Gasteiger partial charge in [0.25, 0.3) is 0 Å². The summed E-state index contributed by atoms with van der Waals surface area (Å²) in [7, 11) is 2.23. The zero-order valence-corrected chi connectivity index (χ0v) is 31.4.